The standard InChI is InChI=1S/C12H13ClFNO3/c1-18-11(16)3-2-6-15-12(17)9-5-4-8(14)7-10(9)13/h4-5,7H,2-3,6H2,1H3,(H,15,17). The quantitative estimate of drug-likeness (QED) is 0.661. The normalized spacial score (nSPS) is 9.94. The molecule has 0 aromatic heterocycles. The summed E-state index contributed by atoms with van der Waals surface area (Å²) in [5.74, 6) is -1.23. The number of rotatable bonds is 5. The van der Waals surface area contributed by atoms with Crippen LogP contribution in [-0.2, 0) is 9.53 Å². The lowest BCUT2D eigenvalue weighted by molar-refractivity contribution is -0.140. The number of ether oxygens (including phenoxy) is 1. The van der Waals surface area contributed by atoms with Crippen molar-refractivity contribution in [2.75, 3.05) is 13.7 Å². The molecule has 1 rings (SSSR count). The molecule has 98 valence electrons. The van der Waals surface area contributed by atoms with E-state index in [1.807, 2.05) is 0 Å². The highest BCUT2D eigenvalue weighted by Crippen LogP contribution is 2.16. The summed E-state index contributed by atoms with van der Waals surface area (Å²) < 4.78 is 17.2. The molecule has 0 aliphatic heterocycles. The van der Waals surface area contributed by atoms with Gasteiger partial charge in [-0.05, 0) is 24.6 Å². The molecule has 0 aliphatic carbocycles. The van der Waals surface area contributed by atoms with Crippen LogP contribution in [0, 0.1) is 5.82 Å². The van der Waals surface area contributed by atoms with Crippen molar-refractivity contribution in [2.24, 2.45) is 0 Å². The van der Waals surface area contributed by atoms with Gasteiger partial charge in [-0.2, -0.15) is 0 Å². The maximum Gasteiger partial charge on any atom is 0.305 e. The third-order valence-corrected chi connectivity index (χ3v) is 2.56. The van der Waals surface area contributed by atoms with E-state index < -0.39 is 11.7 Å². The molecule has 0 saturated carbocycles. The van der Waals surface area contributed by atoms with Crippen molar-refractivity contribution in [2.45, 2.75) is 12.8 Å². The Kier molecular flexibility index (Phi) is 5.58. The van der Waals surface area contributed by atoms with Crippen LogP contribution in [0.25, 0.3) is 0 Å². The van der Waals surface area contributed by atoms with Gasteiger partial charge in [-0.25, -0.2) is 4.39 Å². The fourth-order valence-electron chi connectivity index (χ4n) is 1.31. The molecule has 4 nitrogen and oxygen atoms in total. The second-order valence-electron chi connectivity index (χ2n) is 3.56. The Balaban J connectivity index is 2.43. The van der Waals surface area contributed by atoms with Gasteiger partial charge in [-0.15, -0.1) is 0 Å². The molecule has 0 heterocycles. The second kappa shape index (κ2) is 6.96. The molecule has 1 aromatic carbocycles. The first-order valence-electron chi connectivity index (χ1n) is 5.34. The molecule has 18 heavy (non-hydrogen) atoms. The first kappa shape index (κ1) is 14.4. The van der Waals surface area contributed by atoms with Crippen LogP contribution >= 0.6 is 11.6 Å². The van der Waals surface area contributed by atoms with Crippen molar-refractivity contribution in [3.05, 3.63) is 34.6 Å². The van der Waals surface area contributed by atoms with Crippen LogP contribution < -0.4 is 5.32 Å². The molecule has 6 heteroatoms. The molecule has 0 spiro atoms. The molecular formula is C12H13ClFNO3. The van der Waals surface area contributed by atoms with E-state index in [0.717, 1.165) is 12.1 Å². The number of hydrogen-bond acceptors (Lipinski definition) is 3. The number of carbonyl (C=O) groups excluding carboxylic acids is 2. The van der Waals surface area contributed by atoms with Gasteiger partial charge in [0.1, 0.15) is 5.82 Å². The fraction of sp³-hybridized carbons (Fsp3) is 0.333. The van der Waals surface area contributed by atoms with Gasteiger partial charge in [-0.3, -0.25) is 9.59 Å². The summed E-state index contributed by atoms with van der Waals surface area (Å²) in [7, 11) is 1.30. The van der Waals surface area contributed by atoms with Gasteiger partial charge in [0.15, 0.2) is 0 Å². The Labute approximate surface area is 109 Å². The molecule has 0 radical (unpaired) electrons. The van der Waals surface area contributed by atoms with Gasteiger partial charge < -0.3 is 10.1 Å². The summed E-state index contributed by atoms with van der Waals surface area (Å²) in [4.78, 5) is 22.5. The van der Waals surface area contributed by atoms with E-state index in [1.165, 1.54) is 13.2 Å². The predicted molar refractivity (Wildman–Crippen MR) is 65.0 cm³/mol. The summed E-state index contributed by atoms with van der Waals surface area (Å²) in [6.07, 6.45) is 0.700. The molecule has 0 fully saturated rings. The highest BCUT2D eigenvalue weighted by Gasteiger charge is 2.10. The minimum absolute atomic E-state index is 0.0560. The zero-order valence-electron chi connectivity index (χ0n) is 9.83. The van der Waals surface area contributed by atoms with E-state index in [2.05, 4.69) is 10.1 Å². The van der Waals surface area contributed by atoms with Crippen molar-refractivity contribution < 1.29 is 18.7 Å². The van der Waals surface area contributed by atoms with Crippen LogP contribution in [-0.4, -0.2) is 25.5 Å². The largest absolute Gasteiger partial charge is 0.469 e. The monoisotopic (exact) mass is 273 g/mol. The molecule has 1 amide bonds. The molecule has 0 unspecified atom stereocenters. The predicted octanol–water partition coefficient (Wildman–Crippen LogP) is 2.16. The summed E-state index contributed by atoms with van der Waals surface area (Å²) in [5, 5.41) is 2.64. The maximum atomic E-state index is 12.8. The van der Waals surface area contributed by atoms with Crippen molar-refractivity contribution in [3.8, 4) is 0 Å². The van der Waals surface area contributed by atoms with E-state index in [4.69, 9.17) is 11.6 Å². The van der Waals surface area contributed by atoms with Crippen LogP contribution in [0.15, 0.2) is 18.2 Å². The SMILES string of the molecule is COC(=O)CCCNC(=O)c1ccc(F)cc1Cl. The molecule has 0 bridgehead atoms. The average Bonchev–Trinajstić information content (AvgIpc) is 2.34. The Morgan fingerprint density at radius 3 is 2.78 bits per heavy atom. The zero-order valence-corrected chi connectivity index (χ0v) is 10.6. The third-order valence-electron chi connectivity index (χ3n) is 2.25. The first-order chi connectivity index (χ1) is 8.54. The van der Waals surface area contributed by atoms with Crippen molar-refractivity contribution in [3.63, 3.8) is 0 Å². The number of carbonyl (C=O) groups is 2. The summed E-state index contributed by atoms with van der Waals surface area (Å²) >= 11 is 5.74. The molecule has 0 aliphatic rings. The zero-order chi connectivity index (χ0) is 13.5. The van der Waals surface area contributed by atoms with Crippen LogP contribution in [0.1, 0.15) is 23.2 Å². The van der Waals surface area contributed by atoms with E-state index in [0.29, 0.717) is 13.0 Å². The lowest BCUT2D eigenvalue weighted by Crippen LogP contribution is -2.25. The topological polar surface area (TPSA) is 55.4 Å². The van der Waals surface area contributed by atoms with Gasteiger partial charge in [0.05, 0.1) is 17.7 Å². The smallest absolute Gasteiger partial charge is 0.305 e. The van der Waals surface area contributed by atoms with Gasteiger partial charge in [0.2, 0.25) is 0 Å². The number of benzene rings is 1. The molecular weight excluding hydrogens is 261 g/mol. The van der Waals surface area contributed by atoms with Gasteiger partial charge in [0, 0.05) is 13.0 Å². The van der Waals surface area contributed by atoms with Crippen LogP contribution in [0.5, 0.6) is 0 Å². The molecule has 0 saturated heterocycles. The molecule has 0 atom stereocenters. The van der Waals surface area contributed by atoms with Crippen LogP contribution in [0.2, 0.25) is 5.02 Å². The van der Waals surface area contributed by atoms with Crippen molar-refractivity contribution >= 4 is 23.5 Å². The third kappa shape index (κ3) is 4.33. The summed E-state index contributed by atoms with van der Waals surface area (Å²) in [5.41, 5.74) is 0.205. The highest BCUT2D eigenvalue weighted by molar-refractivity contribution is 6.33. The maximum absolute atomic E-state index is 12.8. The second-order valence-corrected chi connectivity index (χ2v) is 3.97. The number of amides is 1. The number of nitrogens with one attached hydrogen (secondary N) is 1. The van der Waals surface area contributed by atoms with Crippen LogP contribution in [0.4, 0.5) is 4.39 Å². The number of methoxy groups -OCH3 is 1. The van der Waals surface area contributed by atoms with E-state index in [9.17, 15) is 14.0 Å². The highest BCUT2D eigenvalue weighted by atomic mass is 35.5. The summed E-state index contributed by atoms with van der Waals surface area (Å²) in [6, 6.07) is 3.55. The lowest BCUT2D eigenvalue weighted by atomic mass is 10.2. The first-order valence-corrected chi connectivity index (χ1v) is 5.72. The number of halogens is 2. The average molecular weight is 274 g/mol. The Morgan fingerprint density at radius 2 is 2.17 bits per heavy atom. The molecule has 1 aromatic rings. The Bertz CT molecular complexity index is 451. The fourth-order valence-corrected chi connectivity index (χ4v) is 1.56. The molecule has 1 N–H and O–H groups in total. The van der Waals surface area contributed by atoms with Gasteiger partial charge in [0.25, 0.3) is 5.91 Å². The Hall–Kier alpha value is -1.62. The van der Waals surface area contributed by atoms with Crippen molar-refractivity contribution in [1.82, 2.24) is 5.32 Å². The summed E-state index contributed by atoms with van der Waals surface area (Å²) in [6.45, 7) is 0.321. The van der Waals surface area contributed by atoms with Crippen molar-refractivity contribution in [1.29, 1.82) is 0 Å². The van der Waals surface area contributed by atoms with Crippen LogP contribution in [0.3, 0.4) is 0 Å². The van der Waals surface area contributed by atoms with Gasteiger partial charge >= 0.3 is 5.97 Å². The minimum Gasteiger partial charge on any atom is -0.469 e. The minimum atomic E-state index is -0.498. The van der Waals surface area contributed by atoms with E-state index in [-0.39, 0.29) is 23.0 Å². The number of hydrogen-bond donors (Lipinski definition) is 1. The lowest BCUT2D eigenvalue weighted by Gasteiger charge is -2.06. The van der Waals surface area contributed by atoms with E-state index >= 15 is 0 Å². The number of esters is 1. The Morgan fingerprint density at radius 1 is 1.44 bits per heavy atom. The van der Waals surface area contributed by atoms with Gasteiger partial charge in [-0.1, -0.05) is 11.6 Å². The van der Waals surface area contributed by atoms with E-state index in [1.54, 1.807) is 0 Å².